The van der Waals surface area contributed by atoms with Crippen LogP contribution < -0.4 is 15.4 Å². The van der Waals surface area contributed by atoms with E-state index >= 15 is 0 Å². The number of para-hydroxylation sites is 1. The summed E-state index contributed by atoms with van der Waals surface area (Å²) in [7, 11) is 0. The summed E-state index contributed by atoms with van der Waals surface area (Å²) in [5.74, 6) is 0.448. The molecule has 24 heavy (non-hydrogen) atoms. The van der Waals surface area contributed by atoms with Crippen LogP contribution in [0.15, 0.2) is 54.6 Å². The third-order valence-electron chi connectivity index (χ3n) is 3.95. The summed E-state index contributed by atoms with van der Waals surface area (Å²) in [6.07, 6.45) is 0.995. The average molecular weight is 324 g/mol. The lowest BCUT2D eigenvalue weighted by Gasteiger charge is -2.26. The van der Waals surface area contributed by atoms with Gasteiger partial charge in [-0.05, 0) is 11.6 Å². The van der Waals surface area contributed by atoms with Gasteiger partial charge >= 0.3 is 0 Å². The van der Waals surface area contributed by atoms with Gasteiger partial charge in [-0.1, -0.05) is 48.5 Å². The smallest absolute Gasteiger partial charge is 0.239 e. The maximum atomic E-state index is 12.1. The number of hydrogen-bond donors (Lipinski definition) is 2. The zero-order valence-corrected chi connectivity index (χ0v) is 13.3. The van der Waals surface area contributed by atoms with Crippen molar-refractivity contribution < 1.29 is 14.3 Å². The largest absolute Gasteiger partial charge is 0.493 e. The maximum absolute atomic E-state index is 12.1. The number of benzene rings is 2. The van der Waals surface area contributed by atoms with Crippen molar-refractivity contribution in [1.82, 2.24) is 10.6 Å². The van der Waals surface area contributed by atoms with E-state index < -0.39 is 0 Å². The van der Waals surface area contributed by atoms with Crippen LogP contribution in [0.5, 0.6) is 5.75 Å². The summed E-state index contributed by atoms with van der Waals surface area (Å²) in [5, 5.41) is 5.62. The van der Waals surface area contributed by atoms with E-state index in [1.165, 1.54) is 0 Å². The molecule has 1 heterocycles. The Morgan fingerprint density at radius 2 is 1.75 bits per heavy atom. The molecule has 1 aliphatic rings. The number of fused-ring (bicyclic) bond motifs is 1. The van der Waals surface area contributed by atoms with Crippen molar-refractivity contribution in [3.63, 3.8) is 0 Å². The molecule has 0 saturated heterocycles. The first-order chi connectivity index (χ1) is 11.7. The minimum atomic E-state index is -0.196. The zero-order chi connectivity index (χ0) is 16.8. The Labute approximate surface area is 141 Å². The molecule has 0 spiro atoms. The van der Waals surface area contributed by atoms with E-state index in [1.54, 1.807) is 0 Å². The zero-order valence-electron chi connectivity index (χ0n) is 13.3. The molecule has 3 rings (SSSR count). The van der Waals surface area contributed by atoms with Gasteiger partial charge in [0.2, 0.25) is 11.8 Å². The van der Waals surface area contributed by atoms with E-state index in [4.69, 9.17) is 4.74 Å². The number of hydrogen-bond acceptors (Lipinski definition) is 3. The summed E-state index contributed by atoms with van der Waals surface area (Å²) in [6, 6.07) is 17.1. The molecule has 124 valence electrons. The van der Waals surface area contributed by atoms with E-state index in [0.29, 0.717) is 6.61 Å². The van der Waals surface area contributed by atoms with Crippen LogP contribution in [0.4, 0.5) is 0 Å². The van der Waals surface area contributed by atoms with Crippen LogP contribution in [0.25, 0.3) is 0 Å². The predicted octanol–water partition coefficient (Wildman–Crippen LogP) is 1.99. The predicted molar refractivity (Wildman–Crippen MR) is 90.6 cm³/mol. The Morgan fingerprint density at radius 1 is 1.00 bits per heavy atom. The molecule has 0 unspecified atom stereocenters. The second-order valence-corrected chi connectivity index (χ2v) is 5.73. The molecule has 2 N–H and O–H groups in total. The second kappa shape index (κ2) is 7.64. The molecule has 5 heteroatoms. The number of amides is 2. The van der Waals surface area contributed by atoms with Crippen molar-refractivity contribution >= 4 is 11.8 Å². The summed E-state index contributed by atoms with van der Waals surface area (Å²) in [5.41, 5.74) is 1.90. The lowest BCUT2D eigenvalue weighted by Crippen LogP contribution is -2.40. The lowest BCUT2D eigenvalue weighted by atomic mass is 10.0. The average Bonchev–Trinajstić information content (AvgIpc) is 2.61. The minimum absolute atomic E-state index is 0.0226. The molecular formula is C19H20N2O3. The molecule has 0 saturated carbocycles. The Morgan fingerprint density at radius 3 is 2.58 bits per heavy atom. The van der Waals surface area contributed by atoms with E-state index in [0.717, 1.165) is 23.3 Å². The molecule has 0 bridgehead atoms. The van der Waals surface area contributed by atoms with E-state index in [2.05, 4.69) is 10.6 Å². The molecule has 0 fully saturated rings. The van der Waals surface area contributed by atoms with Crippen molar-refractivity contribution in [2.24, 2.45) is 0 Å². The first-order valence-corrected chi connectivity index (χ1v) is 8.04. The Balaban J connectivity index is 1.49. The fraction of sp³-hybridized carbons (Fsp3) is 0.263. The maximum Gasteiger partial charge on any atom is 0.239 e. The minimum Gasteiger partial charge on any atom is -0.493 e. The van der Waals surface area contributed by atoms with Gasteiger partial charge in [0, 0.05) is 12.0 Å². The van der Waals surface area contributed by atoms with Gasteiger partial charge in [0.15, 0.2) is 0 Å². The molecule has 2 aromatic rings. The monoisotopic (exact) mass is 324 g/mol. The summed E-state index contributed by atoms with van der Waals surface area (Å²) in [6.45, 7) is 0.549. The number of ether oxygens (including phenoxy) is 1. The van der Waals surface area contributed by atoms with Gasteiger partial charge in [0.1, 0.15) is 5.75 Å². The molecule has 0 radical (unpaired) electrons. The molecule has 1 aliphatic heterocycles. The van der Waals surface area contributed by atoms with E-state index in [-0.39, 0.29) is 30.8 Å². The number of carbonyl (C=O) groups is 2. The topological polar surface area (TPSA) is 67.4 Å². The van der Waals surface area contributed by atoms with Crippen molar-refractivity contribution in [3.05, 3.63) is 65.7 Å². The second-order valence-electron chi connectivity index (χ2n) is 5.73. The highest BCUT2D eigenvalue weighted by Crippen LogP contribution is 2.31. The lowest BCUT2D eigenvalue weighted by molar-refractivity contribution is -0.126. The SMILES string of the molecule is O=C(Cc1ccccc1)NCC(=O)N[C@H]1CCOc2ccccc21. The number of nitrogens with one attached hydrogen (secondary N) is 2. The van der Waals surface area contributed by atoms with Crippen molar-refractivity contribution in [2.45, 2.75) is 18.9 Å². The van der Waals surface area contributed by atoms with Crippen LogP contribution in [0, 0.1) is 0 Å². The van der Waals surface area contributed by atoms with Gasteiger partial charge in [-0.2, -0.15) is 0 Å². The molecule has 2 aromatic carbocycles. The van der Waals surface area contributed by atoms with Crippen LogP contribution in [0.2, 0.25) is 0 Å². The highest BCUT2D eigenvalue weighted by Gasteiger charge is 2.22. The molecule has 1 atom stereocenters. The standard InChI is InChI=1S/C19H20N2O3/c22-18(12-14-6-2-1-3-7-14)20-13-19(23)21-16-10-11-24-17-9-5-4-8-15(16)17/h1-9,16H,10-13H2,(H,20,22)(H,21,23)/t16-/m0/s1. The summed E-state index contributed by atoms with van der Waals surface area (Å²) in [4.78, 5) is 24.0. The van der Waals surface area contributed by atoms with Gasteiger partial charge < -0.3 is 15.4 Å². The van der Waals surface area contributed by atoms with E-state index in [1.807, 2.05) is 54.6 Å². The third kappa shape index (κ3) is 4.13. The van der Waals surface area contributed by atoms with Crippen LogP contribution in [-0.4, -0.2) is 25.0 Å². The van der Waals surface area contributed by atoms with Crippen LogP contribution in [0.3, 0.4) is 0 Å². The van der Waals surface area contributed by atoms with Crippen molar-refractivity contribution in [1.29, 1.82) is 0 Å². The third-order valence-corrected chi connectivity index (χ3v) is 3.95. The fourth-order valence-electron chi connectivity index (χ4n) is 2.76. The summed E-state index contributed by atoms with van der Waals surface area (Å²) >= 11 is 0. The van der Waals surface area contributed by atoms with Crippen LogP contribution in [-0.2, 0) is 16.0 Å². The van der Waals surface area contributed by atoms with Gasteiger partial charge in [0.05, 0.1) is 25.6 Å². The first-order valence-electron chi connectivity index (χ1n) is 8.04. The summed E-state index contributed by atoms with van der Waals surface area (Å²) < 4.78 is 5.58. The van der Waals surface area contributed by atoms with Crippen molar-refractivity contribution in [3.8, 4) is 5.75 Å². The highest BCUT2D eigenvalue weighted by molar-refractivity contribution is 5.85. The Hall–Kier alpha value is -2.82. The number of rotatable bonds is 5. The van der Waals surface area contributed by atoms with Gasteiger partial charge in [0.25, 0.3) is 0 Å². The van der Waals surface area contributed by atoms with E-state index in [9.17, 15) is 9.59 Å². The van der Waals surface area contributed by atoms with Crippen LogP contribution in [0.1, 0.15) is 23.6 Å². The Kier molecular flexibility index (Phi) is 5.11. The molecule has 5 nitrogen and oxygen atoms in total. The van der Waals surface area contributed by atoms with Gasteiger partial charge in [-0.25, -0.2) is 0 Å². The van der Waals surface area contributed by atoms with Crippen LogP contribution >= 0.6 is 0 Å². The molecule has 0 aromatic heterocycles. The van der Waals surface area contributed by atoms with Gasteiger partial charge in [-0.15, -0.1) is 0 Å². The Bertz CT molecular complexity index is 716. The van der Waals surface area contributed by atoms with Crippen molar-refractivity contribution in [2.75, 3.05) is 13.2 Å². The first kappa shape index (κ1) is 16.1. The quantitative estimate of drug-likeness (QED) is 0.884. The van der Waals surface area contributed by atoms with Gasteiger partial charge in [-0.3, -0.25) is 9.59 Å². The molecule has 0 aliphatic carbocycles. The normalized spacial score (nSPS) is 15.8. The molecular weight excluding hydrogens is 304 g/mol. The number of carbonyl (C=O) groups excluding carboxylic acids is 2. The molecule has 2 amide bonds. The highest BCUT2D eigenvalue weighted by atomic mass is 16.5. The fourth-order valence-corrected chi connectivity index (χ4v) is 2.76.